The lowest BCUT2D eigenvalue weighted by molar-refractivity contribution is -0.131. The van der Waals surface area contributed by atoms with E-state index in [4.69, 9.17) is 15.9 Å². The van der Waals surface area contributed by atoms with Gasteiger partial charge in [-0.3, -0.25) is 4.79 Å². The third kappa shape index (κ3) is 3.46. The molecule has 0 bridgehead atoms. The van der Waals surface area contributed by atoms with Gasteiger partial charge in [0.05, 0.1) is 5.56 Å². The van der Waals surface area contributed by atoms with Gasteiger partial charge in [0.15, 0.2) is 6.61 Å². The zero-order valence-corrected chi connectivity index (χ0v) is 8.73. The summed E-state index contributed by atoms with van der Waals surface area (Å²) in [5.74, 6) is 1.48. The molecule has 82 valence electrons. The molecule has 0 aliphatic rings. The number of carbonyl (C=O) groups excluding carboxylic acids is 2. The van der Waals surface area contributed by atoms with Crippen LogP contribution in [0.5, 0.6) is 5.75 Å². The third-order valence-electron chi connectivity index (χ3n) is 1.62. The van der Waals surface area contributed by atoms with Crippen molar-refractivity contribution in [3.05, 3.63) is 29.8 Å². The van der Waals surface area contributed by atoms with Crippen LogP contribution in [0, 0.1) is 12.3 Å². The van der Waals surface area contributed by atoms with Crippen molar-refractivity contribution < 1.29 is 19.1 Å². The van der Waals surface area contributed by atoms with Crippen LogP contribution in [0.2, 0.25) is 0 Å². The first-order valence-electron chi connectivity index (χ1n) is 4.52. The minimum absolute atomic E-state index is 0.0867. The molecule has 0 radical (unpaired) electrons. The SMILES string of the molecule is C#CCOC(=O)c1cccc(OC(C)=O)c1. The van der Waals surface area contributed by atoms with Crippen molar-refractivity contribution in [1.82, 2.24) is 0 Å². The van der Waals surface area contributed by atoms with E-state index in [2.05, 4.69) is 5.92 Å². The lowest BCUT2D eigenvalue weighted by Gasteiger charge is -2.04. The second-order valence-electron chi connectivity index (χ2n) is 2.90. The summed E-state index contributed by atoms with van der Waals surface area (Å²) in [6.07, 6.45) is 4.95. The third-order valence-corrected chi connectivity index (χ3v) is 1.62. The van der Waals surface area contributed by atoms with Gasteiger partial charge in [0.1, 0.15) is 5.75 Å². The van der Waals surface area contributed by atoms with Gasteiger partial charge < -0.3 is 9.47 Å². The number of rotatable bonds is 3. The molecule has 1 aromatic carbocycles. The van der Waals surface area contributed by atoms with E-state index in [9.17, 15) is 9.59 Å². The first-order valence-corrected chi connectivity index (χ1v) is 4.52. The molecule has 0 spiro atoms. The van der Waals surface area contributed by atoms with Crippen LogP contribution in [-0.4, -0.2) is 18.5 Å². The van der Waals surface area contributed by atoms with Gasteiger partial charge in [0.2, 0.25) is 0 Å². The maximum absolute atomic E-state index is 11.4. The predicted molar refractivity (Wildman–Crippen MR) is 56.9 cm³/mol. The van der Waals surface area contributed by atoms with Gasteiger partial charge >= 0.3 is 11.9 Å². The Morgan fingerprint density at radius 1 is 1.44 bits per heavy atom. The molecule has 0 saturated heterocycles. The minimum atomic E-state index is -0.549. The normalized spacial score (nSPS) is 9.00. The molecule has 1 aromatic rings. The summed E-state index contributed by atoms with van der Waals surface area (Å²) in [5, 5.41) is 0. The van der Waals surface area contributed by atoms with Crippen molar-refractivity contribution in [3.63, 3.8) is 0 Å². The van der Waals surface area contributed by atoms with Crippen molar-refractivity contribution in [2.45, 2.75) is 6.92 Å². The quantitative estimate of drug-likeness (QED) is 0.437. The highest BCUT2D eigenvalue weighted by atomic mass is 16.5. The summed E-state index contributed by atoms with van der Waals surface area (Å²) in [4.78, 5) is 22.1. The Hall–Kier alpha value is -2.28. The molecule has 0 aromatic heterocycles. The number of esters is 2. The Morgan fingerprint density at radius 3 is 2.81 bits per heavy atom. The highest BCUT2D eigenvalue weighted by Gasteiger charge is 2.08. The lowest BCUT2D eigenvalue weighted by Crippen LogP contribution is -2.06. The average molecular weight is 218 g/mol. The fourth-order valence-electron chi connectivity index (χ4n) is 1.04. The fraction of sp³-hybridized carbons (Fsp3) is 0.167. The van der Waals surface area contributed by atoms with Crippen LogP contribution in [0.1, 0.15) is 17.3 Å². The molecule has 0 aliphatic carbocycles. The second-order valence-corrected chi connectivity index (χ2v) is 2.90. The molecule has 0 aliphatic heterocycles. The van der Waals surface area contributed by atoms with E-state index in [0.717, 1.165) is 0 Å². The second kappa shape index (κ2) is 5.56. The molecule has 0 N–H and O–H groups in total. The molecule has 4 nitrogen and oxygen atoms in total. The van der Waals surface area contributed by atoms with Crippen molar-refractivity contribution in [2.75, 3.05) is 6.61 Å². The van der Waals surface area contributed by atoms with E-state index in [1.807, 2.05) is 0 Å². The highest BCUT2D eigenvalue weighted by molar-refractivity contribution is 5.90. The molecular weight excluding hydrogens is 208 g/mol. The van der Waals surface area contributed by atoms with Gasteiger partial charge in [-0.05, 0) is 18.2 Å². The molecule has 0 amide bonds. The van der Waals surface area contributed by atoms with E-state index >= 15 is 0 Å². The van der Waals surface area contributed by atoms with E-state index in [-0.39, 0.29) is 12.2 Å². The fourth-order valence-corrected chi connectivity index (χ4v) is 1.04. The van der Waals surface area contributed by atoms with Crippen LogP contribution in [0.15, 0.2) is 24.3 Å². The Labute approximate surface area is 93.2 Å². The molecule has 0 saturated carbocycles. The van der Waals surface area contributed by atoms with E-state index < -0.39 is 11.9 Å². The predicted octanol–water partition coefficient (Wildman–Crippen LogP) is 1.40. The van der Waals surface area contributed by atoms with Gasteiger partial charge in [-0.2, -0.15) is 0 Å². The van der Waals surface area contributed by atoms with Crippen molar-refractivity contribution in [3.8, 4) is 18.1 Å². The van der Waals surface area contributed by atoms with Crippen molar-refractivity contribution in [1.29, 1.82) is 0 Å². The number of hydrogen-bond acceptors (Lipinski definition) is 4. The van der Waals surface area contributed by atoms with Crippen LogP contribution in [0.25, 0.3) is 0 Å². The number of benzene rings is 1. The lowest BCUT2D eigenvalue weighted by atomic mass is 10.2. The summed E-state index contributed by atoms with van der Waals surface area (Å²) in [6.45, 7) is 1.19. The molecule has 4 heteroatoms. The average Bonchev–Trinajstić information content (AvgIpc) is 2.25. The smallest absolute Gasteiger partial charge is 0.339 e. The number of terminal acetylenes is 1. The topological polar surface area (TPSA) is 52.6 Å². The van der Waals surface area contributed by atoms with Gasteiger partial charge in [-0.1, -0.05) is 12.0 Å². The summed E-state index contributed by atoms with van der Waals surface area (Å²) >= 11 is 0. The summed E-state index contributed by atoms with van der Waals surface area (Å²) < 4.78 is 9.54. The van der Waals surface area contributed by atoms with Crippen LogP contribution in [0.4, 0.5) is 0 Å². The molecule has 1 rings (SSSR count). The zero-order valence-electron chi connectivity index (χ0n) is 8.73. The first kappa shape index (κ1) is 11.8. The monoisotopic (exact) mass is 218 g/mol. The van der Waals surface area contributed by atoms with E-state index in [1.165, 1.54) is 13.0 Å². The van der Waals surface area contributed by atoms with Crippen LogP contribution < -0.4 is 4.74 Å². The van der Waals surface area contributed by atoms with Crippen LogP contribution >= 0.6 is 0 Å². The zero-order chi connectivity index (χ0) is 12.0. The van der Waals surface area contributed by atoms with E-state index in [0.29, 0.717) is 5.75 Å². The first-order chi connectivity index (χ1) is 7.63. The van der Waals surface area contributed by atoms with Gasteiger partial charge in [0.25, 0.3) is 0 Å². The summed E-state index contributed by atoms with van der Waals surface area (Å²) in [7, 11) is 0. The Kier molecular flexibility index (Phi) is 4.10. The van der Waals surface area contributed by atoms with Crippen molar-refractivity contribution >= 4 is 11.9 Å². The summed E-state index contributed by atoms with van der Waals surface area (Å²) in [6, 6.07) is 6.12. The van der Waals surface area contributed by atoms with Gasteiger partial charge in [-0.25, -0.2) is 4.79 Å². The number of carbonyl (C=O) groups is 2. The number of ether oxygens (including phenoxy) is 2. The largest absolute Gasteiger partial charge is 0.449 e. The minimum Gasteiger partial charge on any atom is -0.449 e. The standard InChI is InChI=1S/C12H10O4/c1-3-7-15-12(14)10-5-4-6-11(8-10)16-9(2)13/h1,4-6,8H,7H2,2H3. The Balaban J connectivity index is 2.78. The van der Waals surface area contributed by atoms with Crippen LogP contribution in [-0.2, 0) is 9.53 Å². The molecule has 0 unspecified atom stereocenters. The maximum Gasteiger partial charge on any atom is 0.339 e. The van der Waals surface area contributed by atoms with Gasteiger partial charge in [-0.15, -0.1) is 6.42 Å². The molecule has 0 fully saturated rings. The van der Waals surface area contributed by atoms with Crippen LogP contribution in [0.3, 0.4) is 0 Å². The molecule has 0 heterocycles. The summed E-state index contributed by atoms with van der Waals surface area (Å²) in [5.41, 5.74) is 0.286. The maximum atomic E-state index is 11.4. The Bertz CT molecular complexity index is 443. The molecule has 16 heavy (non-hydrogen) atoms. The van der Waals surface area contributed by atoms with Crippen molar-refractivity contribution in [2.24, 2.45) is 0 Å². The van der Waals surface area contributed by atoms with E-state index in [1.54, 1.807) is 18.2 Å². The van der Waals surface area contributed by atoms with Gasteiger partial charge in [0, 0.05) is 6.92 Å². The highest BCUT2D eigenvalue weighted by Crippen LogP contribution is 2.14. The molecular formula is C12H10O4. The molecule has 0 atom stereocenters. The Morgan fingerprint density at radius 2 is 2.19 bits per heavy atom. The number of hydrogen-bond donors (Lipinski definition) is 0.